The lowest BCUT2D eigenvalue weighted by molar-refractivity contribution is 0.0705. The highest BCUT2D eigenvalue weighted by atomic mass is 19.1. The Labute approximate surface area is 149 Å². The van der Waals surface area contributed by atoms with Gasteiger partial charge in [0.2, 0.25) is 0 Å². The van der Waals surface area contributed by atoms with Gasteiger partial charge < -0.3 is 0 Å². The van der Waals surface area contributed by atoms with Gasteiger partial charge in [0.25, 0.3) is 5.91 Å². The molecule has 1 fully saturated rings. The van der Waals surface area contributed by atoms with Gasteiger partial charge in [0, 0.05) is 30.7 Å². The third-order valence-electron chi connectivity index (χ3n) is 5.42. The standard InChI is InChI=1S/C17H24FN3O2.C2H6/c1-17(5-3-6-20(17)2)11-21-7-4-14-13(10-21)8-12(9-15(14)18)16(22)19-23;1-2/h8-9,23H,3-7,10-11H2,1-2H3,(H,19,22);1-2H3. The summed E-state index contributed by atoms with van der Waals surface area (Å²) in [6.45, 7) is 9.82. The van der Waals surface area contributed by atoms with Gasteiger partial charge in [-0.2, -0.15) is 0 Å². The predicted octanol–water partition coefficient (Wildman–Crippen LogP) is 2.81. The summed E-state index contributed by atoms with van der Waals surface area (Å²) in [5.41, 5.74) is 3.44. The molecule has 1 unspecified atom stereocenters. The molecule has 3 rings (SSSR count). The van der Waals surface area contributed by atoms with Gasteiger partial charge in [-0.05, 0) is 63.0 Å². The number of hydroxylamine groups is 1. The van der Waals surface area contributed by atoms with E-state index in [0.29, 0.717) is 18.5 Å². The summed E-state index contributed by atoms with van der Waals surface area (Å²) < 4.78 is 14.2. The number of carbonyl (C=O) groups excluding carboxylic acids is 1. The first-order valence-corrected chi connectivity index (χ1v) is 9.12. The normalized spacial score (nSPS) is 23.6. The Hall–Kier alpha value is -1.50. The number of nitrogens with one attached hydrogen (secondary N) is 1. The molecule has 0 saturated carbocycles. The molecule has 0 radical (unpaired) electrons. The Morgan fingerprint density at radius 2 is 2.08 bits per heavy atom. The lowest BCUT2D eigenvalue weighted by Crippen LogP contribution is -2.49. The molecular formula is C19H30FN3O2. The Bertz CT molecular complexity index is 623. The summed E-state index contributed by atoms with van der Waals surface area (Å²) in [6.07, 6.45) is 3.04. The van der Waals surface area contributed by atoms with Crippen LogP contribution >= 0.6 is 0 Å². The van der Waals surface area contributed by atoms with E-state index in [9.17, 15) is 9.18 Å². The smallest absolute Gasteiger partial charge is 0.274 e. The van der Waals surface area contributed by atoms with Crippen LogP contribution in [-0.4, -0.2) is 53.1 Å². The fourth-order valence-corrected chi connectivity index (χ4v) is 3.87. The molecule has 1 saturated heterocycles. The summed E-state index contributed by atoms with van der Waals surface area (Å²) in [5.74, 6) is -1.03. The second kappa shape index (κ2) is 8.25. The van der Waals surface area contributed by atoms with Gasteiger partial charge in [0.05, 0.1) is 0 Å². The van der Waals surface area contributed by atoms with Gasteiger partial charge in [-0.25, -0.2) is 9.87 Å². The summed E-state index contributed by atoms with van der Waals surface area (Å²) in [4.78, 5) is 16.3. The van der Waals surface area contributed by atoms with E-state index in [-0.39, 0.29) is 16.9 Å². The molecule has 1 atom stereocenters. The second-order valence-corrected chi connectivity index (χ2v) is 7.02. The molecule has 0 aromatic heterocycles. The van der Waals surface area contributed by atoms with Crippen LogP contribution in [0.5, 0.6) is 0 Å². The van der Waals surface area contributed by atoms with Crippen molar-refractivity contribution in [3.8, 4) is 0 Å². The minimum absolute atomic E-state index is 0.162. The number of halogens is 1. The fourth-order valence-electron chi connectivity index (χ4n) is 3.87. The van der Waals surface area contributed by atoms with Gasteiger partial charge >= 0.3 is 0 Å². The highest BCUT2D eigenvalue weighted by Gasteiger charge is 2.36. The topological polar surface area (TPSA) is 55.8 Å². The summed E-state index contributed by atoms with van der Waals surface area (Å²) in [6, 6.07) is 2.89. The molecule has 5 nitrogen and oxygen atoms in total. The molecular weight excluding hydrogens is 321 g/mol. The van der Waals surface area contributed by atoms with Gasteiger partial charge in [0.15, 0.2) is 0 Å². The molecule has 2 N–H and O–H groups in total. The van der Waals surface area contributed by atoms with Crippen molar-refractivity contribution in [3.05, 3.63) is 34.6 Å². The lowest BCUT2D eigenvalue weighted by atomic mass is 9.93. The maximum Gasteiger partial charge on any atom is 0.274 e. The number of fused-ring (bicyclic) bond motifs is 1. The van der Waals surface area contributed by atoms with Crippen LogP contribution in [0.25, 0.3) is 0 Å². The van der Waals surface area contributed by atoms with Crippen molar-refractivity contribution in [3.63, 3.8) is 0 Å². The van der Waals surface area contributed by atoms with Crippen molar-refractivity contribution in [1.82, 2.24) is 15.3 Å². The van der Waals surface area contributed by atoms with Crippen LogP contribution in [0.2, 0.25) is 0 Å². The summed E-state index contributed by atoms with van der Waals surface area (Å²) >= 11 is 0. The van der Waals surface area contributed by atoms with E-state index in [0.717, 1.165) is 25.2 Å². The first kappa shape index (κ1) is 19.8. The third-order valence-corrected chi connectivity index (χ3v) is 5.42. The molecule has 1 aromatic carbocycles. The maximum atomic E-state index is 14.2. The number of likely N-dealkylation sites (tertiary alicyclic amines) is 1. The van der Waals surface area contributed by atoms with E-state index in [1.54, 1.807) is 11.5 Å². The summed E-state index contributed by atoms with van der Waals surface area (Å²) in [7, 11) is 2.16. The first-order valence-electron chi connectivity index (χ1n) is 9.12. The van der Waals surface area contributed by atoms with Crippen molar-refractivity contribution in [2.24, 2.45) is 0 Å². The molecule has 1 amide bonds. The van der Waals surface area contributed by atoms with E-state index < -0.39 is 5.91 Å². The Balaban J connectivity index is 0.00000109. The van der Waals surface area contributed by atoms with Gasteiger partial charge in [-0.15, -0.1) is 0 Å². The molecule has 25 heavy (non-hydrogen) atoms. The first-order chi connectivity index (χ1) is 11.9. The van der Waals surface area contributed by atoms with Crippen LogP contribution in [0.4, 0.5) is 4.39 Å². The van der Waals surface area contributed by atoms with Crippen molar-refractivity contribution < 1.29 is 14.4 Å². The van der Waals surface area contributed by atoms with Crippen LogP contribution in [0, 0.1) is 5.82 Å². The molecule has 2 aliphatic rings. The zero-order valence-electron chi connectivity index (χ0n) is 15.7. The van der Waals surface area contributed by atoms with E-state index in [1.165, 1.54) is 18.9 Å². The van der Waals surface area contributed by atoms with Crippen LogP contribution in [0.15, 0.2) is 12.1 Å². The number of amides is 1. The maximum absolute atomic E-state index is 14.2. The zero-order valence-corrected chi connectivity index (χ0v) is 15.7. The minimum atomic E-state index is -0.675. The van der Waals surface area contributed by atoms with E-state index in [1.807, 2.05) is 13.8 Å². The molecule has 140 valence electrons. The average molecular weight is 351 g/mol. The molecule has 0 bridgehead atoms. The number of likely N-dealkylation sites (N-methyl/N-ethyl adjacent to an activating group) is 1. The van der Waals surface area contributed by atoms with Gasteiger partial charge in [-0.1, -0.05) is 13.8 Å². The van der Waals surface area contributed by atoms with Crippen molar-refractivity contribution >= 4 is 5.91 Å². The second-order valence-electron chi connectivity index (χ2n) is 7.02. The van der Waals surface area contributed by atoms with Crippen LogP contribution < -0.4 is 5.48 Å². The van der Waals surface area contributed by atoms with Crippen LogP contribution in [0.3, 0.4) is 0 Å². The highest BCUT2D eigenvalue weighted by Crippen LogP contribution is 2.31. The van der Waals surface area contributed by atoms with Crippen molar-refractivity contribution in [1.29, 1.82) is 0 Å². The van der Waals surface area contributed by atoms with E-state index in [2.05, 4.69) is 23.8 Å². The number of hydrogen-bond donors (Lipinski definition) is 2. The SMILES string of the molecule is CC.CN1CCCC1(C)CN1CCc2c(F)cc(C(=O)NO)cc2C1. The average Bonchev–Trinajstić information content (AvgIpc) is 2.94. The monoisotopic (exact) mass is 351 g/mol. The number of carbonyl (C=O) groups is 1. The lowest BCUT2D eigenvalue weighted by Gasteiger charge is -2.39. The fraction of sp³-hybridized carbons (Fsp3) is 0.632. The number of rotatable bonds is 3. The van der Waals surface area contributed by atoms with Gasteiger partial charge in [0.1, 0.15) is 5.82 Å². The third kappa shape index (κ3) is 4.19. The molecule has 2 aliphatic heterocycles. The molecule has 1 aromatic rings. The molecule has 2 heterocycles. The molecule has 0 aliphatic carbocycles. The van der Waals surface area contributed by atoms with Crippen LogP contribution in [0.1, 0.15) is 55.1 Å². The Morgan fingerprint density at radius 1 is 1.36 bits per heavy atom. The highest BCUT2D eigenvalue weighted by molar-refractivity contribution is 5.93. The zero-order chi connectivity index (χ0) is 18.6. The number of benzene rings is 1. The number of hydrogen-bond acceptors (Lipinski definition) is 4. The van der Waals surface area contributed by atoms with Gasteiger partial charge in [-0.3, -0.25) is 19.8 Å². The van der Waals surface area contributed by atoms with Crippen molar-refractivity contribution in [2.45, 2.75) is 52.1 Å². The van der Waals surface area contributed by atoms with Crippen LogP contribution in [-0.2, 0) is 13.0 Å². The van der Waals surface area contributed by atoms with E-state index in [4.69, 9.17) is 5.21 Å². The Morgan fingerprint density at radius 3 is 2.68 bits per heavy atom. The summed E-state index contributed by atoms with van der Waals surface area (Å²) in [5, 5.41) is 8.75. The molecule has 6 heteroatoms. The Kier molecular flexibility index (Phi) is 6.54. The largest absolute Gasteiger partial charge is 0.300 e. The van der Waals surface area contributed by atoms with Crippen molar-refractivity contribution in [2.75, 3.05) is 26.7 Å². The quantitative estimate of drug-likeness (QED) is 0.649. The molecule has 0 spiro atoms. The number of nitrogens with zero attached hydrogens (tertiary/aromatic N) is 2. The van der Waals surface area contributed by atoms with E-state index >= 15 is 0 Å². The predicted molar refractivity (Wildman–Crippen MR) is 96.3 cm³/mol. The minimum Gasteiger partial charge on any atom is -0.300 e.